The minimum atomic E-state index is 0.491. The molecule has 0 bridgehead atoms. The molecule has 2 N–H and O–H groups in total. The number of aromatic nitrogens is 3. The molecule has 1 saturated heterocycles. The van der Waals surface area contributed by atoms with Crippen LogP contribution in [0.4, 0.5) is 0 Å². The zero-order chi connectivity index (χ0) is 13.2. The van der Waals surface area contributed by atoms with Crippen LogP contribution in [0.1, 0.15) is 31.3 Å². The maximum absolute atomic E-state index is 5.74. The Morgan fingerprint density at radius 1 is 1.42 bits per heavy atom. The van der Waals surface area contributed by atoms with Crippen molar-refractivity contribution in [3.05, 3.63) is 29.7 Å². The van der Waals surface area contributed by atoms with Crippen molar-refractivity contribution in [1.29, 1.82) is 0 Å². The third-order valence-electron chi connectivity index (χ3n) is 4.01. The molecule has 0 amide bonds. The number of likely N-dealkylation sites (N-methyl/N-ethyl adjacent to an activating group) is 1. The average molecular weight is 259 g/mol. The van der Waals surface area contributed by atoms with Crippen LogP contribution in [0.3, 0.4) is 0 Å². The normalized spacial score (nSPS) is 20.4. The molecule has 1 fully saturated rings. The van der Waals surface area contributed by atoms with Gasteiger partial charge in [0.15, 0.2) is 11.5 Å². The van der Waals surface area contributed by atoms with Crippen LogP contribution in [0, 0.1) is 0 Å². The summed E-state index contributed by atoms with van der Waals surface area (Å²) < 4.78 is 1.88. The lowest BCUT2D eigenvalue weighted by atomic mass is 10.1. The van der Waals surface area contributed by atoms with Gasteiger partial charge in [0.2, 0.25) is 0 Å². The van der Waals surface area contributed by atoms with E-state index >= 15 is 0 Å². The fourth-order valence-electron chi connectivity index (χ4n) is 3.00. The molecular weight excluding hydrogens is 238 g/mol. The monoisotopic (exact) mass is 259 g/mol. The van der Waals surface area contributed by atoms with Crippen molar-refractivity contribution >= 4 is 5.65 Å². The third-order valence-corrected chi connectivity index (χ3v) is 4.01. The predicted octanol–water partition coefficient (Wildman–Crippen LogP) is 1.21. The van der Waals surface area contributed by atoms with Gasteiger partial charge in [0.25, 0.3) is 0 Å². The van der Waals surface area contributed by atoms with E-state index in [2.05, 4.69) is 21.9 Å². The zero-order valence-electron chi connectivity index (χ0n) is 11.4. The number of likely N-dealkylation sites (tertiary alicyclic amines) is 1. The predicted molar refractivity (Wildman–Crippen MR) is 74.9 cm³/mol. The van der Waals surface area contributed by atoms with Gasteiger partial charge in [-0.25, -0.2) is 9.50 Å². The fraction of sp³-hybridized carbons (Fsp3) is 0.571. The Balaban J connectivity index is 1.85. The van der Waals surface area contributed by atoms with Crippen LogP contribution in [0.5, 0.6) is 0 Å². The number of hydrogen-bond acceptors (Lipinski definition) is 4. The number of fused-ring (bicyclic) bond motifs is 1. The summed E-state index contributed by atoms with van der Waals surface area (Å²) in [7, 11) is 0. The topological polar surface area (TPSA) is 59.5 Å². The van der Waals surface area contributed by atoms with Crippen molar-refractivity contribution in [2.45, 2.75) is 38.8 Å². The van der Waals surface area contributed by atoms with Gasteiger partial charge >= 0.3 is 0 Å². The summed E-state index contributed by atoms with van der Waals surface area (Å²) in [5.74, 6) is 0.936. The molecule has 1 aliphatic heterocycles. The molecule has 0 spiro atoms. The first-order valence-corrected chi connectivity index (χ1v) is 7.09. The molecule has 102 valence electrons. The first kappa shape index (κ1) is 12.6. The molecule has 0 aliphatic carbocycles. The second-order valence-electron chi connectivity index (χ2n) is 5.15. The van der Waals surface area contributed by atoms with Crippen LogP contribution in [-0.4, -0.2) is 38.6 Å². The molecule has 5 nitrogen and oxygen atoms in total. The van der Waals surface area contributed by atoms with Gasteiger partial charge in [0.05, 0.1) is 5.69 Å². The molecule has 1 unspecified atom stereocenters. The van der Waals surface area contributed by atoms with E-state index in [9.17, 15) is 0 Å². The molecule has 3 heterocycles. The Morgan fingerprint density at radius 2 is 2.32 bits per heavy atom. The van der Waals surface area contributed by atoms with Crippen LogP contribution in [0.25, 0.3) is 5.65 Å². The van der Waals surface area contributed by atoms with Crippen molar-refractivity contribution in [2.24, 2.45) is 5.73 Å². The van der Waals surface area contributed by atoms with Gasteiger partial charge in [0, 0.05) is 19.0 Å². The average Bonchev–Trinajstić information content (AvgIpc) is 3.04. The Labute approximate surface area is 113 Å². The highest BCUT2D eigenvalue weighted by Crippen LogP contribution is 2.19. The van der Waals surface area contributed by atoms with Crippen molar-refractivity contribution < 1.29 is 0 Å². The highest BCUT2D eigenvalue weighted by Gasteiger charge is 2.24. The molecule has 19 heavy (non-hydrogen) atoms. The van der Waals surface area contributed by atoms with E-state index in [1.54, 1.807) is 0 Å². The van der Waals surface area contributed by atoms with E-state index in [-0.39, 0.29) is 0 Å². The highest BCUT2D eigenvalue weighted by atomic mass is 15.3. The first-order valence-electron chi connectivity index (χ1n) is 7.09. The summed E-state index contributed by atoms with van der Waals surface area (Å²) in [5, 5.41) is 4.61. The van der Waals surface area contributed by atoms with Crippen LogP contribution >= 0.6 is 0 Å². The van der Waals surface area contributed by atoms with E-state index in [0.29, 0.717) is 12.6 Å². The SMILES string of the molecule is CCN1CCCC1Cc1nc2cccc(CN)n2n1. The quantitative estimate of drug-likeness (QED) is 0.896. The maximum atomic E-state index is 5.74. The van der Waals surface area contributed by atoms with Gasteiger partial charge in [-0.3, -0.25) is 0 Å². The van der Waals surface area contributed by atoms with Gasteiger partial charge in [-0.2, -0.15) is 5.10 Å². The van der Waals surface area contributed by atoms with E-state index in [1.807, 2.05) is 22.7 Å². The van der Waals surface area contributed by atoms with Gasteiger partial charge in [-0.05, 0) is 38.1 Å². The zero-order valence-corrected chi connectivity index (χ0v) is 11.4. The summed E-state index contributed by atoms with van der Waals surface area (Å²) in [4.78, 5) is 7.15. The van der Waals surface area contributed by atoms with Gasteiger partial charge in [0.1, 0.15) is 0 Å². The summed E-state index contributed by atoms with van der Waals surface area (Å²) in [6.07, 6.45) is 3.49. The number of nitrogens with two attached hydrogens (primary N) is 1. The number of hydrogen-bond donors (Lipinski definition) is 1. The van der Waals surface area contributed by atoms with Crippen molar-refractivity contribution in [3.8, 4) is 0 Å². The van der Waals surface area contributed by atoms with Crippen LogP contribution < -0.4 is 5.73 Å². The second-order valence-corrected chi connectivity index (χ2v) is 5.15. The summed E-state index contributed by atoms with van der Waals surface area (Å²) in [5.41, 5.74) is 7.65. The molecule has 3 rings (SSSR count). The Bertz CT molecular complexity index is 562. The Hall–Kier alpha value is -1.46. The highest BCUT2D eigenvalue weighted by molar-refractivity contribution is 5.38. The molecule has 2 aromatic heterocycles. The van der Waals surface area contributed by atoms with E-state index in [1.165, 1.54) is 19.4 Å². The molecule has 1 atom stereocenters. The third kappa shape index (κ3) is 2.35. The largest absolute Gasteiger partial charge is 0.325 e. The molecule has 0 saturated carbocycles. The van der Waals surface area contributed by atoms with Gasteiger partial charge in [-0.1, -0.05) is 13.0 Å². The molecular formula is C14H21N5. The van der Waals surface area contributed by atoms with Gasteiger partial charge < -0.3 is 10.6 Å². The van der Waals surface area contributed by atoms with Crippen LogP contribution in [-0.2, 0) is 13.0 Å². The van der Waals surface area contributed by atoms with Crippen molar-refractivity contribution in [1.82, 2.24) is 19.5 Å². The van der Waals surface area contributed by atoms with Crippen molar-refractivity contribution in [3.63, 3.8) is 0 Å². The number of nitrogens with zero attached hydrogens (tertiary/aromatic N) is 4. The van der Waals surface area contributed by atoms with Crippen LogP contribution in [0.2, 0.25) is 0 Å². The summed E-state index contributed by atoms with van der Waals surface area (Å²) in [6, 6.07) is 6.58. The number of pyridine rings is 1. The Kier molecular flexibility index (Phi) is 3.48. The molecule has 2 aromatic rings. The lowest BCUT2D eigenvalue weighted by Gasteiger charge is -2.21. The van der Waals surface area contributed by atoms with Crippen LogP contribution in [0.15, 0.2) is 18.2 Å². The molecule has 1 aliphatic rings. The van der Waals surface area contributed by atoms with Crippen molar-refractivity contribution in [2.75, 3.05) is 13.1 Å². The molecule has 5 heteroatoms. The number of rotatable bonds is 4. The summed E-state index contributed by atoms with van der Waals surface area (Å²) >= 11 is 0. The second kappa shape index (κ2) is 5.27. The Morgan fingerprint density at radius 3 is 3.11 bits per heavy atom. The summed E-state index contributed by atoms with van der Waals surface area (Å²) in [6.45, 7) is 5.04. The van der Waals surface area contributed by atoms with E-state index in [4.69, 9.17) is 5.73 Å². The van der Waals surface area contributed by atoms with Gasteiger partial charge in [-0.15, -0.1) is 0 Å². The fourth-order valence-corrected chi connectivity index (χ4v) is 3.00. The smallest absolute Gasteiger partial charge is 0.155 e. The van der Waals surface area contributed by atoms with E-state index in [0.717, 1.165) is 30.1 Å². The lowest BCUT2D eigenvalue weighted by molar-refractivity contribution is 0.263. The standard InChI is InChI=1S/C14H21N5/c1-2-18-8-4-6-11(18)9-13-16-14-7-3-5-12(10-15)19(14)17-13/h3,5,7,11H,2,4,6,8-10,15H2,1H3. The lowest BCUT2D eigenvalue weighted by Crippen LogP contribution is -2.31. The minimum Gasteiger partial charge on any atom is -0.325 e. The molecule has 0 aromatic carbocycles. The first-order chi connectivity index (χ1) is 9.31. The maximum Gasteiger partial charge on any atom is 0.155 e. The molecule has 0 radical (unpaired) electrons. The van der Waals surface area contributed by atoms with E-state index < -0.39 is 0 Å². The minimum absolute atomic E-state index is 0.491.